The van der Waals surface area contributed by atoms with Gasteiger partial charge in [0.15, 0.2) is 5.76 Å². The van der Waals surface area contributed by atoms with Crippen molar-refractivity contribution in [2.45, 2.75) is 6.92 Å². The van der Waals surface area contributed by atoms with Gasteiger partial charge in [0.05, 0.1) is 34.7 Å². The molecule has 0 aliphatic carbocycles. The zero-order chi connectivity index (χ0) is 20.7. The molecule has 0 atom stereocenters. The van der Waals surface area contributed by atoms with Crippen molar-refractivity contribution < 1.29 is 13.8 Å². The average molecular weight is 400 g/mol. The Balaban J connectivity index is 1.54. The molecule has 0 saturated heterocycles. The number of fused-ring (bicyclic) bond motifs is 1. The summed E-state index contributed by atoms with van der Waals surface area (Å²) in [6, 6.07) is 10.8. The molecule has 5 rings (SSSR count). The van der Waals surface area contributed by atoms with Crippen LogP contribution in [0.15, 0.2) is 64.0 Å². The first-order valence-electron chi connectivity index (χ1n) is 9.17. The molecule has 0 spiro atoms. The molecule has 0 saturated carbocycles. The van der Waals surface area contributed by atoms with Crippen LogP contribution in [0.3, 0.4) is 0 Å². The molecule has 4 heterocycles. The van der Waals surface area contributed by atoms with E-state index in [4.69, 9.17) is 9.05 Å². The normalized spacial score (nSPS) is 11.1. The second kappa shape index (κ2) is 6.96. The van der Waals surface area contributed by atoms with Crippen molar-refractivity contribution in [2.24, 2.45) is 7.05 Å². The van der Waals surface area contributed by atoms with Gasteiger partial charge in [0, 0.05) is 36.1 Å². The van der Waals surface area contributed by atoms with Gasteiger partial charge >= 0.3 is 0 Å². The second-order valence-electron chi connectivity index (χ2n) is 6.82. The summed E-state index contributed by atoms with van der Waals surface area (Å²) in [6.07, 6.45) is 5.07. The Kier molecular flexibility index (Phi) is 4.13. The van der Waals surface area contributed by atoms with Crippen LogP contribution in [0.25, 0.3) is 33.7 Å². The summed E-state index contributed by atoms with van der Waals surface area (Å²) in [5, 5.41) is 15.4. The number of carbonyl (C=O) groups is 1. The van der Waals surface area contributed by atoms with Crippen LogP contribution in [0.2, 0.25) is 0 Å². The zero-order valence-corrected chi connectivity index (χ0v) is 16.2. The van der Waals surface area contributed by atoms with E-state index in [1.807, 2.05) is 31.4 Å². The van der Waals surface area contributed by atoms with E-state index in [0.717, 1.165) is 11.1 Å². The van der Waals surface area contributed by atoms with E-state index in [1.165, 1.54) is 0 Å². The van der Waals surface area contributed by atoms with Crippen LogP contribution in [0.1, 0.15) is 16.1 Å². The Bertz CT molecular complexity index is 1370. The van der Waals surface area contributed by atoms with Gasteiger partial charge in [-0.05, 0) is 25.1 Å². The maximum absolute atomic E-state index is 13.2. The lowest BCUT2D eigenvalue weighted by atomic mass is 10.1. The Morgan fingerprint density at radius 1 is 1.13 bits per heavy atom. The predicted octanol–water partition coefficient (Wildman–Crippen LogP) is 3.84. The second-order valence-corrected chi connectivity index (χ2v) is 6.82. The van der Waals surface area contributed by atoms with Crippen LogP contribution in [0, 0.1) is 6.92 Å². The quantitative estimate of drug-likeness (QED) is 0.488. The number of nitrogens with one attached hydrogen (secondary N) is 1. The van der Waals surface area contributed by atoms with Crippen LogP contribution in [-0.2, 0) is 7.05 Å². The molecule has 4 aromatic heterocycles. The molecule has 9 nitrogen and oxygen atoms in total. The average Bonchev–Trinajstić information content (AvgIpc) is 3.49. The Morgan fingerprint density at radius 3 is 2.80 bits per heavy atom. The van der Waals surface area contributed by atoms with Crippen molar-refractivity contribution in [3.05, 3.63) is 66.2 Å². The van der Waals surface area contributed by atoms with E-state index in [2.05, 4.69) is 25.7 Å². The number of nitrogens with zero attached hydrogens (tertiary/aromatic N) is 5. The minimum Gasteiger partial charge on any atom is -0.356 e. The number of anilines is 1. The van der Waals surface area contributed by atoms with Gasteiger partial charge in [0.25, 0.3) is 11.6 Å². The van der Waals surface area contributed by atoms with Gasteiger partial charge in [-0.1, -0.05) is 22.4 Å². The van der Waals surface area contributed by atoms with Crippen molar-refractivity contribution in [1.29, 1.82) is 0 Å². The molecule has 1 amide bonds. The van der Waals surface area contributed by atoms with Gasteiger partial charge in [-0.25, -0.2) is 4.98 Å². The lowest BCUT2D eigenvalue weighted by Gasteiger charge is -2.08. The first kappa shape index (κ1) is 17.8. The smallest absolute Gasteiger partial charge is 0.259 e. The van der Waals surface area contributed by atoms with Crippen LogP contribution < -0.4 is 5.32 Å². The van der Waals surface area contributed by atoms with Gasteiger partial charge < -0.3 is 14.4 Å². The standard InChI is InChI=1S/C21H16N6O3/c1-12-19-16(9-17(25-21(19)30-26-12)14-10-22-27(2)11-14)20(28)24-15-5-3-4-13(8-15)18-6-7-23-29-18/h3-11H,1-2H3,(H,24,28). The molecule has 0 fully saturated rings. The first-order valence-corrected chi connectivity index (χ1v) is 9.17. The highest BCUT2D eigenvalue weighted by Gasteiger charge is 2.20. The Hall–Kier alpha value is -4.27. The van der Waals surface area contributed by atoms with Gasteiger partial charge in [-0.3, -0.25) is 9.48 Å². The van der Waals surface area contributed by atoms with E-state index in [1.54, 1.807) is 42.2 Å². The van der Waals surface area contributed by atoms with Crippen molar-refractivity contribution in [3.63, 3.8) is 0 Å². The summed E-state index contributed by atoms with van der Waals surface area (Å²) in [5.41, 5.74) is 4.09. The summed E-state index contributed by atoms with van der Waals surface area (Å²) in [6.45, 7) is 1.78. The molecule has 148 valence electrons. The summed E-state index contributed by atoms with van der Waals surface area (Å²) >= 11 is 0. The third-order valence-corrected chi connectivity index (χ3v) is 4.71. The molecule has 1 N–H and O–H groups in total. The van der Waals surface area contributed by atoms with Gasteiger partial charge in [-0.15, -0.1) is 0 Å². The number of pyridine rings is 1. The lowest BCUT2D eigenvalue weighted by Crippen LogP contribution is -2.13. The van der Waals surface area contributed by atoms with Crippen LogP contribution in [0.5, 0.6) is 0 Å². The van der Waals surface area contributed by atoms with E-state index in [0.29, 0.717) is 39.5 Å². The van der Waals surface area contributed by atoms with E-state index in [-0.39, 0.29) is 5.91 Å². The molecular formula is C21H16N6O3. The van der Waals surface area contributed by atoms with E-state index in [9.17, 15) is 4.79 Å². The molecule has 0 aliphatic heterocycles. The monoisotopic (exact) mass is 400 g/mol. The fraction of sp³-hybridized carbons (Fsp3) is 0.0952. The van der Waals surface area contributed by atoms with Gasteiger partial charge in [-0.2, -0.15) is 5.10 Å². The van der Waals surface area contributed by atoms with Crippen molar-refractivity contribution in [2.75, 3.05) is 5.32 Å². The minimum atomic E-state index is -0.298. The number of hydrogen-bond acceptors (Lipinski definition) is 7. The first-order chi connectivity index (χ1) is 14.6. The molecular weight excluding hydrogens is 384 g/mol. The molecule has 0 bridgehead atoms. The fourth-order valence-corrected chi connectivity index (χ4v) is 3.29. The predicted molar refractivity (Wildman–Crippen MR) is 109 cm³/mol. The number of carbonyl (C=O) groups excluding carboxylic acids is 1. The van der Waals surface area contributed by atoms with Crippen LogP contribution in [-0.4, -0.2) is 31.0 Å². The highest BCUT2D eigenvalue weighted by Crippen LogP contribution is 2.28. The summed E-state index contributed by atoms with van der Waals surface area (Å²) in [5.74, 6) is 0.319. The molecule has 0 unspecified atom stereocenters. The lowest BCUT2D eigenvalue weighted by molar-refractivity contribution is 0.102. The maximum atomic E-state index is 13.2. The highest BCUT2D eigenvalue weighted by atomic mass is 16.5. The number of aryl methyl sites for hydroxylation is 2. The zero-order valence-electron chi connectivity index (χ0n) is 16.2. The van der Waals surface area contributed by atoms with E-state index < -0.39 is 0 Å². The van der Waals surface area contributed by atoms with Crippen molar-refractivity contribution in [1.82, 2.24) is 25.1 Å². The molecule has 30 heavy (non-hydrogen) atoms. The molecule has 1 aromatic carbocycles. The third-order valence-electron chi connectivity index (χ3n) is 4.71. The molecule has 0 aliphatic rings. The Morgan fingerprint density at radius 2 is 2.03 bits per heavy atom. The third kappa shape index (κ3) is 3.12. The number of amides is 1. The number of hydrogen-bond donors (Lipinski definition) is 1. The summed E-state index contributed by atoms with van der Waals surface area (Å²) in [7, 11) is 1.82. The minimum absolute atomic E-state index is 0.298. The maximum Gasteiger partial charge on any atom is 0.259 e. The molecule has 0 radical (unpaired) electrons. The topological polar surface area (TPSA) is 112 Å². The van der Waals surface area contributed by atoms with Crippen molar-refractivity contribution in [3.8, 4) is 22.6 Å². The number of benzene rings is 1. The largest absolute Gasteiger partial charge is 0.356 e. The summed E-state index contributed by atoms with van der Waals surface area (Å²) in [4.78, 5) is 17.7. The SMILES string of the molecule is Cc1noc2nc(-c3cnn(C)c3)cc(C(=O)Nc3cccc(-c4ccno4)c3)c12. The van der Waals surface area contributed by atoms with Gasteiger partial charge in [0.1, 0.15) is 0 Å². The molecule has 9 heteroatoms. The van der Waals surface area contributed by atoms with Gasteiger partial charge in [0.2, 0.25) is 0 Å². The highest BCUT2D eigenvalue weighted by molar-refractivity contribution is 6.13. The fourth-order valence-electron chi connectivity index (χ4n) is 3.29. The van der Waals surface area contributed by atoms with Crippen LogP contribution >= 0.6 is 0 Å². The summed E-state index contributed by atoms with van der Waals surface area (Å²) < 4.78 is 12.2. The van der Waals surface area contributed by atoms with E-state index >= 15 is 0 Å². The number of aromatic nitrogens is 5. The van der Waals surface area contributed by atoms with Crippen molar-refractivity contribution >= 4 is 22.7 Å². The Labute approximate surface area is 170 Å². The molecule has 5 aromatic rings. The number of rotatable bonds is 4. The van der Waals surface area contributed by atoms with Crippen LogP contribution in [0.4, 0.5) is 5.69 Å².